The fourth-order valence-corrected chi connectivity index (χ4v) is 4.69. The van der Waals surface area contributed by atoms with E-state index in [9.17, 15) is 17.2 Å². The Hall–Kier alpha value is -3.85. The van der Waals surface area contributed by atoms with Crippen molar-refractivity contribution in [3.05, 3.63) is 78.1 Å². The number of fused-ring (bicyclic) bond motifs is 2. The predicted octanol–water partition coefficient (Wildman–Crippen LogP) is 6.38. The molecule has 35 heavy (non-hydrogen) atoms. The minimum Gasteiger partial charge on any atom is -0.435 e. The molecule has 0 fully saturated rings. The minimum absolute atomic E-state index is 0.0423. The van der Waals surface area contributed by atoms with Crippen LogP contribution >= 0.6 is 0 Å². The predicted molar refractivity (Wildman–Crippen MR) is 130 cm³/mol. The number of nitrogens with zero attached hydrogens (tertiary/aromatic N) is 2. The SMILES string of the molecule is CC(C)c1nc(Oc2ccc(S(C)(=O)=O)cc2F)c2cc3[nH]ncc3cc2c1-c1ccc(F)cc1. The lowest BCUT2D eigenvalue weighted by Crippen LogP contribution is -2.03. The van der Waals surface area contributed by atoms with Crippen LogP contribution in [0.1, 0.15) is 25.5 Å². The van der Waals surface area contributed by atoms with Crippen LogP contribution in [0.2, 0.25) is 0 Å². The van der Waals surface area contributed by atoms with Gasteiger partial charge in [0, 0.05) is 22.6 Å². The lowest BCUT2D eigenvalue weighted by atomic mass is 9.92. The average molecular weight is 494 g/mol. The third kappa shape index (κ3) is 4.23. The van der Waals surface area contributed by atoms with Gasteiger partial charge < -0.3 is 4.74 Å². The van der Waals surface area contributed by atoms with Gasteiger partial charge in [0.05, 0.1) is 22.3 Å². The van der Waals surface area contributed by atoms with E-state index in [-0.39, 0.29) is 28.3 Å². The molecule has 2 aromatic heterocycles. The van der Waals surface area contributed by atoms with Gasteiger partial charge in [-0.15, -0.1) is 0 Å². The van der Waals surface area contributed by atoms with E-state index in [1.165, 1.54) is 24.3 Å². The van der Waals surface area contributed by atoms with Crippen molar-refractivity contribution in [2.75, 3.05) is 6.26 Å². The molecule has 3 aromatic carbocycles. The Balaban J connectivity index is 1.77. The summed E-state index contributed by atoms with van der Waals surface area (Å²) >= 11 is 0. The van der Waals surface area contributed by atoms with Crippen LogP contribution in [0, 0.1) is 11.6 Å². The highest BCUT2D eigenvalue weighted by Gasteiger charge is 2.21. The van der Waals surface area contributed by atoms with Gasteiger partial charge in [0.25, 0.3) is 0 Å². The molecule has 6 nitrogen and oxygen atoms in total. The van der Waals surface area contributed by atoms with Gasteiger partial charge in [0.2, 0.25) is 5.88 Å². The molecule has 0 radical (unpaired) electrons. The molecular formula is C26H21F2N3O3S. The Morgan fingerprint density at radius 1 is 0.971 bits per heavy atom. The number of rotatable bonds is 5. The van der Waals surface area contributed by atoms with Crippen molar-refractivity contribution >= 4 is 31.5 Å². The summed E-state index contributed by atoms with van der Waals surface area (Å²) in [7, 11) is -3.57. The van der Waals surface area contributed by atoms with Crippen molar-refractivity contribution in [2.24, 2.45) is 0 Å². The lowest BCUT2D eigenvalue weighted by molar-refractivity contribution is 0.429. The first-order valence-electron chi connectivity index (χ1n) is 10.9. The maximum Gasteiger partial charge on any atom is 0.227 e. The van der Waals surface area contributed by atoms with Gasteiger partial charge in [-0.3, -0.25) is 5.10 Å². The summed E-state index contributed by atoms with van der Waals surface area (Å²) in [6.45, 7) is 3.95. The molecule has 0 aliphatic heterocycles. The van der Waals surface area contributed by atoms with Gasteiger partial charge >= 0.3 is 0 Å². The molecule has 5 rings (SSSR count). The Labute approximate surface area is 200 Å². The third-order valence-corrected chi connectivity index (χ3v) is 6.88. The van der Waals surface area contributed by atoms with Crippen molar-refractivity contribution in [1.82, 2.24) is 15.2 Å². The highest BCUT2D eigenvalue weighted by molar-refractivity contribution is 7.90. The smallest absolute Gasteiger partial charge is 0.227 e. The van der Waals surface area contributed by atoms with Gasteiger partial charge in [-0.1, -0.05) is 26.0 Å². The zero-order valence-electron chi connectivity index (χ0n) is 19.1. The second kappa shape index (κ2) is 8.42. The first-order valence-corrected chi connectivity index (χ1v) is 12.7. The summed E-state index contributed by atoms with van der Waals surface area (Å²) < 4.78 is 58.0. The molecule has 178 valence electrons. The molecule has 0 saturated heterocycles. The number of hydrogen-bond donors (Lipinski definition) is 1. The second-order valence-corrected chi connectivity index (χ2v) is 10.7. The third-order valence-electron chi connectivity index (χ3n) is 5.77. The summed E-state index contributed by atoms with van der Waals surface area (Å²) in [6, 6.07) is 13.4. The standard InChI is InChI=1S/C26H21F2N3O3S/c1-14(2)25-24(15-4-6-17(27)7-5-15)19-10-16-13-29-31-22(16)12-20(19)26(30-25)34-23-9-8-18(11-21(23)28)35(3,32)33/h4-14H,1-3H3,(H,29,31). The summed E-state index contributed by atoms with van der Waals surface area (Å²) in [4.78, 5) is 4.62. The van der Waals surface area contributed by atoms with E-state index in [0.717, 1.165) is 39.7 Å². The molecule has 5 aromatic rings. The Bertz CT molecular complexity index is 1700. The molecule has 2 heterocycles. The minimum atomic E-state index is -3.57. The van der Waals surface area contributed by atoms with Crippen LogP contribution in [0.3, 0.4) is 0 Å². The zero-order chi connectivity index (χ0) is 24.9. The summed E-state index contributed by atoms with van der Waals surface area (Å²) in [6.07, 6.45) is 2.71. The Morgan fingerprint density at radius 3 is 2.37 bits per heavy atom. The summed E-state index contributed by atoms with van der Waals surface area (Å²) in [5, 5.41) is 9.26. The second-order valence-electron chi connectivity index (χ2n) is 8.66. The van der Waals surface area contributed by atoms with Crippen molar-refractivity contribution in [3.63, 3.8) is 0 Å². The lowest BCUT2D eigenvalue weighted by Gasteiger charge is -2.19. The van der Waals surface area contributed by atoms with Gasteiger partial charge in [-0.2, -0.15) is 5.10 Å². The Kier molecular flexibility index (Phi) is 5.52. The topological polar surface area (TPSA) is 84.9 Å². The zero-order valence-corrected chi connectivity index (χ0v) is 20.0. The van der Waals surface area contributed by atoms with E-state index >= 15 is 0 Å². The van der Waals surface area contributed by atoms with Crippen LogP contribution in [-0.4, -0.2) is 29.9 Å². The fourth-order valence-electron chi connectivity index (χ4n) is 4.05. The molecular weight excluding hydrogens is 472 g/mol. The van der Waals surface area contributed by atoms with E-state index in [1.807, 2.05) is 26.0 Å². The van der Waals surface area contributed by atoms with E-state index < -0.39 is 15.7 Å². The maximum absolute atomic E-state index is 14.8. The maximum atomic E-state index is 14.8. The van der Waals surface area contributed by atoms with Crippen molar-refractivity contribution in [1.29, 1.82) is 0 Å². The van der Waals surface area contributed by atoms with Gasteiger partial charge in [0.1, 0.15) is 5.82 Å². The largest absolute Gasteiger partial charge is 0.435 e. The van der Waals surface area contributed by atoms with E-state index in [4.69, 9.17) is 9.72 Å². The molecule has 0 aliphatic carbocycles. The van der Waals surface area contributed by atoms with Crippen LogP contribution < -0.4 is 4.74 Å². The number of H-pyrrole nitrogens is 1. The number of pyridine rings is 1. The van der Waals surface area contributed by atoms with E-state index in [1.54, 1.807) is 18.3 Å². The van der Waals surface area contributed by atoms with E-state index in [2.05, 4.69) is 10.2 Å². The molecule has 1 N–H and O–H groups in total. The Morgan fingerprint density at radius 2 is 1.71 bits per heavy atom. The number of benzene rings is 3. The molecule has 0 aliphatic rings. The van der Waals surface area contributed by atoms with Crippen LogP contribution in [0.15, 0.2) is 65.7 Å². The normalized spacial score (nSPS) is 12.1. The van der Waals surface area contributed by atoms with Gasteiger partial charge in [0.15, 0.2) is 21.4 Å². The number of sulfone groups is 1. The van der Waals surface area contributed by atoms with Gasteiger partial charge in [-0.05, 0) is 59.3 Å². The molecule has 0 saturated carbocycles. The molecule has 0 atom stereocenters. The van der Waals surface area contributed by atoms with Crippen LogP contribution in [0.5, 0.6) is 11.6 Å². The monoisotopic (exact) mass is 493 g/mol. The quantitative estimate of drug-likeness (QED) is 0.307. The number of nitrogens with one attached hydrogen (secondary N) is 1. The van der Waals surface area contributed by atoms with Crippen LogP contribution in [0.25, 0.3) is 32.8 Å². The molecule has 0 bridgehead atoms. The van der Waals surface area contributed by atoms with Crippen molar-refractivity contribution < 1.29 is 21.9 Å². The fraction of sp³-hybridized carbons (Fsp3) is 0.154. The van der Waals surface area contributed by atoms with Crippen LogP contribution in [0.4, 0.5) is 8.78 Å². The number of ether oxygens (including phenoxy) is 1. The van der Waals surface area contributed by atoms with Crippen molar-refractivity contribution in [2.45, 2.75) is 24.7 Å². The number of halogens is 2. The summed E-state index contributed by atoms with van der Waals surface area (Å²) in [5.41, 5.74) is 3.03. The highest BCUT2D eigenvalue weighted by Crippen LogP contribution is 2.41. The number of aromatic amines is 1. The first kappa shape index (κ1) is 22.9. The molecule has 9 heteroatoms. The molecule has 0 amide bonds. The first-order chi connectivity index (χ1) is 16.6. The summed E-state index contributed by atoms with van der Waals surface area (Å²) in [5.74, 6) is -1.20. The molecule has 0 spiro atoms. The average Bonchev–Trinajstić information content (AvgIpc) is 3.26. The number of aromatic nitrogens is 3. The van der Waals surface area contributed by atoms with Crippen LogP contribution in [-0.2, 0) is 9.84 Å². The highest BCUT2D eigenvalue weighted by atomic mass is 32.2. The number of hydrogen-bond acceptors (Lipinski definition) is 5. The molecule has 0 unspecified atom stereocenters. The van der Waals surface area contributed by atoms with E-state index in [0.29, 0.717) is 11.1 Å². The van der Waals surface area contributed by atoms with Gasteiger partial charge in [-0.25, -0.2) is 22.2 Å². The van der Waals surface area contributed by atoms with Crippen molar-refractivity contribution in [3.8, 4) is 22.8 Å².